The number of carbonyl (C=O) groups excluding carboxylic acids is 3. The number of esters is 1. The van der Waals surface area contributed by atoms with Gasteiger partial charge < -0.3 is 20.7 Å². The second-order valence-corrected chi connectivity index (χ2v) is 6.70. The zero-order valence-electron chi connectivity index (χ0n) is 13.9. The maximum atomic E-state index is 12.2. The molecule has 8 nitrogen and oxygen atoms in total. The molecule has 2 atom stereocenters. The van der Waals surface area contributed by atoms with Gasteiger partial charge in [-0.15, -0.1) is 11.8 Å². The lowest BCUT2D eigenvalue weighted by Crippen LogP contribution is -2.49. The van der Waals surface area contributed by atoms with Gasteiger partial charge >= 0.3 is 12.0 Å². The molecule has 1 aliphatic heterocycles. The SMILES string of the molecule is COC(=O)[C@H](CC(N)=O)NC(=O)N(C)CC1CSC(C(C)C)=N1. The van der Waals surface area contributed by atoms with E-state index >= 15 is 0 Å². The summed E-state index contributed by atoms with van der Waals surface area (Å²) in [6.45, 7) is 4.59. The quantitative estimate of drug-likeness (QED) is 0.641. The van der Waals surface area contributed by atoms with Crippen LogP contribution in [0.1, 0.15) is 20.3 Å². The van der Waals surface area contributed by atoms with Crippen LogP contribution in [0.2, 0.25) is 0 Å². The number of methoxy groups -OCH3 is 1. The number of thioether (sulfide) groups is 1. The van der Waals surface area contributed by atoms with E-state index < -0.39 is 23.9 Å². The molecule has 0 aromatic rings. The van der Waals surface area contributed by atoms with Crippen LogP contribution < -0.4 is 11.1 Å². The van der Waals surface area contributed by atoms with Crippen LogP contribution in [0.5, 0.6) is 0 Å². The molecule has 0 saturated carbocycles. The van der Waals surface area contributed by atoms with Gasteiger partial charge in [-0.3, -0.25) is 9.79 Å². The van der Waals surface area contributed by atoms with E-state index in [2.05, 4.69) is 28.9 Å². The fraction of sp³-hybridized carbons (Fsp3) is 0.714. The highest BCUT2D eigenvalue weighted by Crippen LogP contribution is 2.23. The van der Waals surface area contributed by atoms with Crippen LogP contribution in [-0.4, -0.2) is 66.4 Å². The third-order valence-corrected chi connectivity index (χ3v) is 4.67. The molecule has 0 radical (unpaired) electrons. The lowest BCUT2D eigenvalue weighted by Gasteiger charge is -2.23. The first-order valence-electron chi connectivity index (χ1n) is 7.32. The molecule has 130 valence electrons. The van der Waals surface area contributed by atoms with E-state index in [9.17, 15) is 14.4 Å². The number of primary amides is 1. The van der Waals surface area contributed by atoms with E-state index in [1.807, 2.05) is 0 Å². The van der Waals surface area contributed by atoms with Gasteiger partial charge in [-0.25, -0.2) is 9.59 Å². The summed E-state index contributed by atoms with van der Waals surface area (Å²) in [4.78, 5) is 40.7. The van der Waals surface area contributed by atoms with Gasteiger partial charge in [0.25, 0.3) is 0 Å². The molecule has 0 aromatic carbocycles. The predicted octanol–water partition coefficient (Wildman–Crippen LogP) is 0.215. The molecule has 1 rings (SSSR count). The topological polar surface area (TPSA) is 114 Å². The zero-order valence-corrected chi connectivity index (χ0v) is 14.7. The van der Waals surface area contributed by atoms with Crippen molar-refractivity contribution in [2.24, 2.45) is 16.6 Å². The first kappa shape index (κ1) is 19.3. The number of nitrogens with zero attached hydrogens (tertiary/aromatic N) is 2. The highest BCUT2D eigenvalue weighted by Gasteiger charge is 2.27. The number of nitrogens with two attached hydrogens (primary N) is 1. The summed E-state index contributed by atoms with van der Waals surface area (Å²) in [7, 11) is 2.80. The molecule has 23 heavy (non-hydrogen) atoms. The lowest BCUT2D eigenvalue weighted by atomic mass is 10.2. The van der Waals surface area contributed by atoms with Crippen molar-refractivity contribution in [3.63, 3.8) is 0 Å². The third-order valence-electron chi connectivity index (χ3n) is 3.25. The third kappa shape index (κ3) is 6.09. The number of urea groups is 1. The van der Waals surface area contributed by atoms with Crippen molar-refractivity contribution in [2.75, 3.05) is 26.5 Å². The van der Waals surface area contributed by atoms with Gasteiger partial charge in [-0.05, 0) is 0 Å². The van der Waals surface area contributed by atoms with Crippen molar-refractivity contribution >= 4 is 34.7 Å². The van der Waals surface area contributed by atoms with E-state index in [0.29, 0.717) is 12.5 Å². The number of amides is 3. The lowest BCUT2D eigenvalue weighted by molar-refractivity contribution is -0.144. The molecule has 3 amide bonds. The van der Waals surface area contributed by atoms with E-state index in [1.54, 1.807) is 18.8 Å². The van der Waals surface area contributed by atoms with Crippen LogP contribution in [0.4, 0.5) is 4.79 Å². The smallest absolute Gasteiger partial charge is 0.328 e. The van der Waals surface area contributed by atoms with Gasteiger partial charge in [0.2, 0.25) is 5.91 Å². The molecular formula is C14H24N4O4S. The summed E-state index contributed by atoms with van der Waals surface area (Å²) < 4.78 is 4.56. The number of rotatable bonds is 7. The Kier molecular flexibility index (Phi) is 7.34. The molecule has 0 saturated heterocycles. The number of aliphatic imine (C=N–C) groups is 1. The van der Waals surface area contributed by atoms with Crippen LogP contribution in [-0.2, 0) is 14.3 Å². The highest BCUT2D eigenvalue weighted by atomic mass is 32.2. The van der Waals surface area contributed by atoms with Gasteiger partial charge in [0.05, 0.1) is 24.6 Å². The molecule has 9 heteroatoms. The van der Waals surface area contributed by atoms with E-state index in [1.165, 1.54) is 12.0 Å². The maximum absolute atomic E-state index is 12.2. The molecule has 0 fully saturated rings. The Morgan fingerprint density at radius 2 is 2.13 bits per heavy atom. The van der Waals surface area contributed by atoms with Crippen LogP contribution in [0.25, 0.3) is 0 Å². The zero-order chi connectivity index (χ0) is 17.6. The first-order chi connectivity index (χ1) is 10.7. The van der Waals surface area contributed by atoms with Gasteiger partial charge in [0.15, 0.2) is 0 Å². The standard InChI is InChI=1S/C14H24N4O4S/c1-8(2)12-16-9(7-23-12)6-18(3)14(21)17-10(5-11(15)19)13(20)22-4/h8-10H,5-7H2,1-4H3,(H2,15,19)(H,17,21)/t9?,10-/m0/s1. The molecule has 1 heterocycles. The minimum Gasteiger partial charge on any atom is -0.467 e. The van der Waals surface area contributed by atoms with Crippen molar-refractivity contribution in [3.8, 4) is 0 Å². The minimum absolute atomic E-state index is 0.0286. The van der Waals surface area contributed by atoms with E-state index in [4.69, 9.17) is 5.73 Å². The number of hydrogen-bond donors (Lipinski definition) is 2. The number of ether oxygens (including phenoxy) is 1. The highest BCUT2D eigenvalue weighted by molar-refractivity contribution is 8.14. The average molecular weight is 344 g/mol. The molecule has 0 aromatic heterocycles. The van der Waals surface area contributed by atoms with Crippen molar-refractivity contribution in [1.29, 1.82) is 0 Å². The number of nitrogens with one attached hydrogen (secondary N) is 1. The second-order valence-electron chi connectivity index (χ2n) is 5.66. The fourth-order valence-corrected chi connectivity index (χ4v) is 3.14. The second kappa shape index (κ2) is 8.76. The Labute approximate surface area is 140 Å². The van der Waals surface area contributed by atoms with Gasteiger partial charge in [-0.2, -0.15) is 0 Å². The summed E-state index contributed by atoms with van der Waals surface area (Å²) in [5, 5.41) is 3.55. The van der Waals surface area contributed by atoms with E-state index in [-0.39, 0.29) is 12.5 Å². The Hall–Kier alpha value is -1.77. The maximum Gasteiger partial charge on any atom is 0.328 e. The van der Waals surface area contributed by atoms with E-state index in [0.717, 1.165) is 10.8 Å². The van der Waals surface area contributed by atoms with Crippen LogP contribution in [0.15, 0.2) is 4.99 Å². The van der Waals surface area contributed by atoms with Gasteiger partial charge in [-0.1, -0.05) is 13.8 Å². The summed E-state index contributed by atoms with van der Waals surface area (Å²) >= 11 is 1.70. The molecular weight excluding hydrogens is 320 g/mol. The Morgan fingerprint density at radius 1 is 1.48 bits per heavy atom. The monoisotopic (exact) mass is 344 g/mol. The largest absolute Gasteiger partial charge is 0.467 e. The summed E-state index contributed by atoms with van der Waals surface area (Å²) in [5.74, 6) is -0.195. The van der Waals surface area contributed by atoms with Crippen molar-refractivity contribution in [1.82, 2.24) is 10.2 Å². The predicted molar refractivity (Wildman–Crippen MR) is 89.3 cm³/mol. The van der Waals surface area contributed by atoms with Crippen LogP contribution >= 0.6 is 11.8 Å². The minimum atomic E-state index is -1.08. The van der Waals surface area contributed by atoms with Crippen molar-refractivity contribution in [2.45, 2.75) is 32.4 Å². The van der Waals surface area contributed by atoms with Crippen molar-refractivity contribution < 1.29 is 19.1 Å². The Morgan fingerprint density at radius 3 is 2.61 bits per heavy atom. The molecule has 0 bridgehead atoms. The fourth-order valence-electron chi connectivity index (χ4n) is 2.04. The molecule has 1 unspecified atom stereocenters. The molecule has 1 aliphatic rings. The molecule has 3 N–H and O–H groups in total. The van der Waals surface area contributed by atoms with Gasteiger partial charge in [0.1, 0.15) is 6.04 Å². The Balaban J connectivity index is 2.58. The van der Waals surface area contributed by atoms with Crippen LogP contribution in [0, 0.1) is 5.92 Å². The summed E-state index contributed by atoms with van der Waals surface area (Å²) in [6.07, 6.45) is -0.304. The first-order valence-corrected chi connectivity index (χ1v) is 8.31. The van der Waals surface area contributed by atoms with Gasteiger partial charge in [0, 0.05) is 25.3 Å². The molecule has 0 aliphatic carbocycles. The van der Waals surface area contributed by atoms with Crippen molar-refractivity contribution in [3.05, 3.63) is 0 Å². The summed E-state index contributed by atoms with van der Waals surface area (Å²) in [5.41, 5.74) is 5.08. The average Bonchev–Trinajstić information content (AvgIpc) is 2.93. The Bertz CT molecular complexity index is 495. The number of likely N-dealkylation sites (N-methyl/N-ethyl adjacent to an activating group) is 1. The number of hydrogen-bond acceptors (Lipinski definition) is 6. The van der Waals surface area contributed by atoms with Crippen LogP contribution in [0.3, 0.4) is 0 Å². The normalized spacial score (nSPS) is 18.3. The number of carbonyl (C=O) groups is 3. The molecule has 0 spiro atoms. The summed E-state index contributed by atoms with van der Waals surface area (Å²) in [6, 6.07) is -1.53.